The minimum Gasteiger partial charge on any atom is -0.298 e. The summed E-state index contributed by atoms with van der Waals surface area (Å²) in [5.74, 6) is 0.934. The molecule has 18 heavy (non-hydrogen) atoms. The van der Waals surface area contributed by atoms with Crippen molar-refractivity contribution in [2.75, 3.05) is 0 Å². The van der Waals surface area contributed by atoms with Crippen molar-refractivity contribution < 1.29 is 4.79 Å². The van der Waals surface area contributed by atoms with Gasteiger partial charge in [-0.2, -0.15) is 0 Å². The fraction of sp³-hybridized carbons (Fsp3) is 0.188. The van der Waals surface area contributed by atoms with E-state index in [1.165, 1.54) is 21.6 Å². The summed E-state index contributed by atoms with van der Waals surface area (Å²) in [5, 5.41) is 0. The van der Waals surface area contributed by atoms with Gasteiger partial charge in [0, 0.05) is 16.2 Å². The predicted octanol–water partition coefficient (Wildman–Crippen LogP) is 4.41. The van der Waals surface area contributed by atoms with Gasteiger partial charge in [0.25, 0.3) is 0 Å². The molecule has 0 spiro atoms. The van der Waals surface area contributed by atoms with Crippen LogP contribution in [0.3, 0.4) is 0 Å². The van der Waals surface area contributed by atoms with Gasteiger partial charge in [0.1, 0.15) is 6.29 Å². The number of carbonyl (C=O) groups excluding carboxylic acids is 1. The Labute approximate surface area is 112 Å². The third-order valence-electron chi connectivity index (χ3n) is 2.84. The molecule has 0 heterocycles. The molecule has 0 amide bonds. The maximum Gasteiger partial charge on any atom is 0.150 e. The van der Waals surface area contributed by atoms with Crippen molar-refractivity contribution in [1.29, 1.82) is 0 Å². The average Bonchev–Trinajstić information content (AvgIpc) is 2.38. The van der Waals surface area contributed by atoms with Crippen LogP contribution < -0.4 is 0 Å². The molecule has 0 atom stereocenters. The number of hydrogen-bond acceptors (Lipinski definition) is 2. The first kappa shape index (κ1) is 12.9. The van der Waals surface area contributed by atoms with Crippen LogP contribution in [-0.4, -0.2) is 6.29 Å². The normalized spacial score (nSPS) is 10.3. The first-order chi connectivity index (χ1) is 8.69. The molecule has 0 aliphatic carbocycles. The molecule has 0 bridgehead atoms. The third-order valence-corrected chi connectivity index (χ3v) is 4.09. The molecule has 0 fully saturated rings. The summed E-state index contributed by atoms with van der Waals surface area (Å²) in [4.78, 5) is 11.9. The molecule has 0 aliphatic rings. The molecule has 0 radical (unpaired) electrons. The van der Waals surface area contributed by atoms with E-state index in [1.807, 2.05) is 36.0 Å². The van der Waals surface area contributed by atoms with Gasteiger partial charge in [0.05, 0.1) is 0 Å². The number of thioether (sulfide) groups is 1. The Balaban J connectivity index is 2.04. The van der Waals surface area contributed by atoms with Gasteiger partial charge in [-0.05, 0) is 31.0 Å². The van der Waals surface area contributed by atoms with Gasteiger partial charge in [-0.3, -0.25) is 4.79 Å². The highest BCUT2D eigenvalue weighted by Crippen LogP contribution is 2.26. The quantitative estimate of drug-likeness (QED) is 0.595. The molecular weight excluding hydrogens is 240 g/mol. The van der Waals surface area contributed by atoms with Crippen molar-refractivity contribution in [3.8, 4) is 0 Å². The number of aryl methyl sites for hydroxylation is 2. The molecule has 0 aromatic heterocycles. The zero-order valence-electron chi connectivity index (χ0n) is 10.6. The van der Waals surface area contributed by atoms with Gasteiger partial charge < -0.3 is 0 Å². The molecular formula is C16H16OS. The maximum atomic E-state index is 10.6. The molecule has 2 aromatic carbocycles. The van der Waals surface area contributed by atoms with Gasteiger partial charge in [-0.25, -0.2) is 0 Å². The predicted molar refractivity (Wildman–Crippen MR) is 77.3 cm³/mol. The van der Waals surface area contributed by atoms with Crippen LogP contribution in [0.1, 0.15) is 27.0 Å². The van der Waals surface area contributed by atoms with E-state index in [0.29, 0.717) is 0 Å². The van der Waals surface area contributed by atoms with E-state index >= 15 is 0 Å². The zero-order chi connectivity index (χ0) is 13.0. The fourth-order valence-corrected chi connectivity index (χ4v) is 2.78. The lowest BCUT2D eigenvalue weighted by atomic mass is 10.2. The Morgan fingerprint density at radius 1 is 1.06 bits per heavy atom. The third kappa shape index (κ3) is 3.23. The molecule has 2 rings (SSSR count). The lowest BCUT2D eigenvalue weighted by Gasteiger charge is -2.06. The Kier molecular flexibility index (Phi) is 4.21. The number of aldehydes is 1. The van der Waals surface area contributed by atoms with E-state index < -0.39 is 0 Å². The summed E-state index contributed by atoms with van der Waals surface area (Å²) in [6.45, 7) is 4.25. The average molecular weight is 256 g/mol. The van der Waals surface area contributed by atoms with Crippen LogP contribution in [0, 0.1) is 13.8 Å². The SMILES string of the molecule is Cc1ccc(SCc2ccc(C=O)cc2)c(C)c1. The zero-order valence-corrected chi connectivity index (χ0v) is 11.5. The minimum absolute atomic E-state index is 0.732. The van der Waals surface area contributed by atoms with Crippen LogP contribution in [0.5, 0.6) is 0 Å². The molecule has 0 unspecified atom stereocenters. The van der Waals surface area contributed by atoms with Gasteiger partial charge >= 0.3 is 0 Å². The van der Waals surface area contributed by atoms with E-state index in [-0.39, 0.29) is 0 Å². The van der Waals surface area contributed by atoms with E-state index in [0.717, 1.165) is 17.6 Å². The van der Waals surface area contributed by atoms with E-state index in [2.05, 4.69) is 32.0 Å². The Morgan fingerprint density at radius 3 is 2.39 bits per heavy atom. The second-order valence-corrected chi connectivity index (χ2v) is 5.43. The monoisotopic (exact) mass is 256 g/mol. The Bertz CT molecular complexity index is 544. The standard InChI is InChI=1S/C16H16OS/c1-12-3-8-16(13(2)9-12)18-11-15-6-4-14(10-17)5-7-15/h3-10H,11H2,1-2H3. The maximum absolute atomic E-state index is 10.6. The lowest BCUT2D eigenvalue weighted by molar-refractivity contribution is 0.112. The Hall–Kier alpha value is -1.54. The first-order valence-electron chi connectivity index (χ1n) is 5.93. The summed E-state index contributed by atoms with van der Waals surface area (Å²) in [6.07, 6.45) is 0.876. The van der Waals surface area contributed by atoms with E-state index in [9.17, 15) is 4.79 Å². The molecule has 0 saturated carbocycles. The van der Waals surface area contributed by atoms with Gasteiger partial charge in [-0.1, -0.05) is 42.0 Å². The molecule has 1 nitrogen and oxygen atoms in total. The highest BCUT2D eigenvalue weighted by molar-refractivity contribution is 7.98. The largest absolute Gasteiger partial charge is 0.298 e. The van der Waals surface area contributed by atoms with Crippen molar-refractivity contribution in [3.05, 3.63) is 64.7 Å². The van der Waals surface area contributed by atoms with Gasteiger partial charge in [-0.15, -0.1) is 11.8 Å². The molecule has 92 valence electrons. The second kappa shape index (κ2) is 5.87. The number of hydrogen-bond donors (Lipinski definition) is 0. The lowest BCUT2D eigenvalue weighted by Crippen LogP contribution is -1.85. The highest BCUT2D eigenvalue weighted by atomic mass is 32.2. The number of benzene rings is 2. The first-order valence-corrected chi connectivity index (χ1v) is 6.92. The van der Waals surface area contributed by atoms with Crippen LogP contribution in [-0.2, 0) is 5.75 Å². The summed E-state index contributed by atoms with van der Waals surface area (Å²) in [5.41, 5.74) is 4.59. The van der Waals surface area contributed by atoms with Crippen LogP contribution in [0.15, 0.2) is 47.4 Å². The smallest absolute Gasteiger partial charge is 0.150 e. The molecule has 0 saturated heterocycles. The molecule has 0 N–H and O–H groups in total. The molecule has 2 aromatic rings. The van der Waals surface area contributed by atoms with Crippen molar-refractivity contribution >= 4 is 18.0 Å². The van der Waals surface area contributed by atoms with Gasteiger partial charge in [0.2, 0.25) is 0 Å². The number of carbonyl (C=O) groups is 1. The molecule has 0 aliphatic heterocycles. The van der Waals surface area contributed by atoms with Crippen LogP contribution in [0.4, 0.5) is 0 Å². The fourth-order valence-electron chi connectivity index (χ4n) is 1.81. The summed E-state index contributed by atoms with van der Waals surface area (Å²) < 4.78 is 0. The van der Waals surface area contributed by atoms with E-state index in [1.54, 1.807) is 0 Å². The topological polar surface area (TPSA) is 17.1 Å². The highest BCUT2D eigenvalue weighted by Gasteiger charge is 2.00. The van der Waals surface area contributed by atoms with Crippen molar-refractivity contribution in [3.63, 3.8) is 0 Å². The van der Waals surface area contributed by atoms with Crippen molar-refractivity contribution in [2.24, 2.45) is 0 Å². The summed E-state index contributed by atoms with van der Waals surface area (Å²) in [6, 6.07) is 14.3. The summed E-state index contributed by atoms with van der Waals surface area (Å²) >= 11 is 1.83. The van der Waals surface area contributed by atoms with Crippen LogP contribution >= 0.6 is 11.8 Å². The van der Waals surface area contributed by atoms with Crippen LogP contribution in [0.2, 0.25) is 0 Å². The summed E-state index contributed by atoms with van der Waals surface area (Å²) in [7, 11) is 0. The number of rotatable bonds is 4. The molecule has 2 heteroatoms. The van der Waals surface area contributed by atoms with Crippen molar-refractivity contribution in [1.82, 2.24) is 0 Å². The van der Waals surface area contributed by atoms with Gasteiger partial charge in [0.15, 0.2) is 0 Å². The van der Waals surface area contributed by atoms with Crippen LogP contribution in [0.25, 0.3) is 0 Å². The Morgan fingerprint density at radius 2 is 1.78 bits per heavy atom. The van der Waals surface area contributed by atoms with Crippen molar-refractivity contribution in [2.45, 2.75) is 24.5 Å². The van der Waals surface area contributed by atoms with E-state index in [4.69, 9.17) is 0 Å². The minimum atomic E-state index is 0.732. The second-order valence-electron chi connectivity index (χ2n) is 4.42.